The molecule has 140 valence electrons. The third kappa shape index (κ3) is 6.67. The summed E-state index contributed by atoms with van der Waals surface area (Å²) >= 11 is 0. The van der Waals surface area contributed by atoms with Crippen molar-refractivity contribution in [3.8, 4) is 0 Å². The lowest BCUT2D eigenvalue weighted by atomic mass is 10.1. The number of carbonyl (C=O) groups is 1. The fourth-order valence-corrected chi connectivity index (χ4v) is 3.26. The molecule has 1 amide bonds. The number of benzene rings is 1. The lowest BCUT2D eigenvalue weighted by Crippen LogP contribution is -2.36. The molecule has 0 aromatic heterocycles. The molecule has 1 aliphatic rings. The van der Waals surface area contributed by atoms with Gasteiger partial charge in [0.15, 0.2) is 0 Å². The average Bonchev–Trinajstić information content (AvgIpc) is 2.55. The number of hydrogen-bond acceptors (Lipinski definition) is 4. The molecule has 1 saturated heterocycles. The largest absolute Gasteiger partial charge is 0.393 e. The summed E-state index contributed by atoms with van der Waals surface area (Å²) in [5, 5.41) is 12.7. The van der Waals surface area contributed by atoms with Gasteiger partial charge in [0.05, 0.1) is 36.6 Å². The van der Waals surface area contributed by atoms with E-state index in [1.807, 2.05) is 24.3 Å². The van der Waals surface area contributed by atoms with Crippen LogP contribution in [0, 0.1) is 5.92 Å². The maximum absolute atomic E-state index is 12.3. The van der Waals surface area contributed by atoms with Crippen LogP contribution >= 0.6 is 0 Å². The number of ether oxygens (including phenoxy) is 1. The van der Waals surface area contributed by atoms with Crippen molar-refractivity contribution in [3.05, 3.63) is 24.3 Å². The molecule has 5 heteroatoms. The van der Waals surface area contributed by atoms with E-state index in [0.717, 1.165) is 43.7 Å². The minimum absolute atomic E-state index is 0.0266. The average molecular weight is 348 g/mol. The second-order valence-corrected chi connectivity index (χ2v) is 7.34. The fourth-order valence-electron chi connectivity index (χ4n) is 3.26. The topological polar surface area (TPSA) is 61.8 Å². The number of aliphatic hydroxyl groups excluding tert-OH is 1. The Labute approximate surface area is 151 Å². The molecule has 1 fully saturated rings. The number of aliphatic hydroxyl groups is 1. The van der Waals surface area contributed by atoms with Crippen LogP contribution in [0.2, 0.25) is 0 Å². The summed E-state index contributed by atoms with van der Waals surface area (Å²) in [4.78, 5) is 14.5. The van der Waals surface area contributed by atoms with Gasteiger partial charge >= 0.3 is 0 Å². The van der Waals surface area contributed by atoms with Crippen molar-refractivity contribution in [2.75, 3.05) is 29.9 Å². The van der Waals surface area contributed by atoms with Gasteiger partial charge in [0.1, 0.15) is 0 Å². The fraction of sp³-hybridized carbons (Fsp3) is 0.650. The number of carbonyl (C=O) groups excluding carboxylic acids is 1. The standard InChI is InChI=1S/C20H32N2O3/c1-15(2)14-16(3)25-13-10-20(24)21-18-6-4-5-7-19(18)22-11-8-17(23)9-12-22/h4-7,15-17,23H,8-14H2,1-3H3,(H,21,24)/t16-/m0/s1. The van der Waals surface area contributed by atoms with Gasteiger partial charge in [0, 0.05) is 13.1 Å². The van der Waals surface area contributed by atoms with E-state index in [9.17, 15) is 9.90 Å². The molecule has 2 rings (SSSR count). The van der Waals surface area contributed by atoms with Crippen LogP contribution in [0.4, 0.5) is 11.4 Å². The first-order valence-electron chi connectivity index (χ1n) is 9.39. The van der Waals surface area contributed by atoms with Gasteiger partial charge in [-0.2, -0.15) is 0 Å². The number of nitrogens with one attached hydrogen (secondary N) is 1. The second kappa shape index (κ2) is 9.78. The normalized spacial score (nSPS) is 16.9. The molecule has 1 aromatic rings. The number of para-hydroxylation sites is 2. The van der Waals surface area contributed by atoms with Crippen LogP contribution in [0.5, 0.6) is 0 Å². The Kier molecular flexibility index (Phi) is 7.72. The molecule has 0 bridgehead atoms. The molecule has 0 saturated carbocycles. The Bertz CT molecular complexity index is 539. The zero-order valence-electron chi connectivity index (χ0n) is 15.7. The lowest BCUT2D eigenvalue weighted by Gasteiger charge is -2.32. The predicted octanol–water partition coefficient (Wildman–Crippen LogP) is 3.43. The molecule has 1 aliphatic heterocycles. The van der Waals surface area contributed by atoms with E-state index >= 15 is 0 Å². The monoisotopic (exact) mass is 348 g/mol. The Morgan fingerprint density at radius 2 is 1.96 bits per heavy atom. The minimum atomic E-state index is -0.206. The van der Waals surface area contributed by atoms with Gasteiger partial charge in [0.25, 0.3) is 0 Å². The summed E-state index contributed by atoms with van der Waals surface area (Å²) < 4.78 is 5.72. The van der Waals surface area contributed by atoms with E-state index in [1.54, 1.807) is 0 Å². The molecule has 0 radical (unpaired) electrons. The molecule has 0 unspecified atom stereocenters. The quantitative estimate of drug-likeness (QED) is 0.755. The van der Waals surface area contributed by atoms with Crippen molar-refractivity contribution < 1.29 is 14.6 Å². The van der Waals surface area contributed by atoms with Crippen molar-refractivity contribution in [1.82, 2.24) is 0 Å². The van der Waals surface area contributed by atoms with Gasteiger partial charge < -0.3 is 20.1 Å². The summed E-state index contributed by atoms with van der Waals surface area (Å²) in [6, 6.07) is 7.86. The number of amides is 1. The van der Waals surface area contributed by atoms with Crippen LogP contribution in [-0.4, -0.2) is 42.9 Å². The highest BCUT2D eigenvalue weighted by Crippen LogP contribution is 2.28. The molecule has 1 atom stereocenters. The third-order valence-corrected chi connectivity index (χ3v) is 4.52. The van der Waals surface area contributed by atoms with Gasteiger partial charge in [-0.25, -0.2) is 0 Å². The minimum Gasteiger partial charge on any atom is -0.393 e. The van der Waals surface area contributed by atoms with Crippen LogP contribution in [0.25, 0.3) is 0 Å². The SMILES string of the molecule is CC(C)C[C@H](C)OCCC(=O)Nc1ccccc1N1CCC(O)CC1. The predicted molar refractivity (Wildman–Crippen MR) is 102 cm³/mol. The molecule has 0 aliphatic carbocycles. The van der Waals surface area contributed by atoms with Crippen molar-refractivity contribution in [1.29, 1.82) is 0 Å². The van der Waals surface area contributed by atoms with E-state index in [1.165, 1.54) is 0 Å². The van der Waals surface area contributed by atoms with Crippen LogP contribution in [0.1, 0.15) is 46.5 Å². The molecule has 2 N–H and O–H groups in total. The van der Waals surface area contributed by atoms with Gasteiger partial charge in [-0.3, -0.25) is 4.79 Å². The number of piperidine rings is 1. The highest BCUT2D eigenvalue weighted by atomic mass is 16.5. The highest BCUT2D eigenvalue weighted by molar-refractivity contribution is 5.94. The molecule has 1 heterocycles. The van der Waals surface area contributed by atoms with E-state index in [2.05, 4.69) is 31.0 Å². The smallest absolute Gasteiger partial charge is 0.226 e. The summed E-state index contributed by atoms with van der Waals surface area (Å²) in [7, 11) is 0. The maximum Gasteiger partial charge on any atom is 0.226 e. The van der Waals surface area contributed by atoms with Crippen molar-refractivity contribution in [2.24, 2.45) is 5.92 Å². The van der Waals surface area contributed by atoms with E-state index in [4.69, 9.17) is 4.74 Å². The maximum atomic E-state index is 12.3. The van der Waals surface area contributed by atoms with Crippen molar-refractivity contribution >= 4 is 17.3 Å². The lowest BCUT2D eigenvalue weighted by molar-refractivity contribution is -0.117. The number of anilines is 2. The number of nitrogens with zero attached hydrogens (tertiary/aromatic N) is 1. The Morgan fingerprint density at radius 1 is 1.28 bits per heavy atom. The second-order valence-electron chi connectivity index (χ2n) is 7.34. The van der Waals surface area contributed by atoms with E-state index in [0.29, 0.717) is 18.9 Å². The van der Waals surface area contributed by atoms with Crippen LogP contribution in [-0.2, 0) is 9.53 Å². The van der Waals surface area contributed by atoms with Crippen LogP contribution in [0.15, 0.2) is 24.3 Å². The molecular weight excluding hydrogens is 316 g/mol. The Balaban J connectivity index is 1.84. The van der Waals surface area contributed by atoms with E-state index < -0.39 is 0 Å². The van der Waals surface area contributed by atoms with Crippen molar-refractivity contribution in [3.63, 3.8) is 0 Å². The first-order chi connectivity index (χ1) is 12.0. The zero-order chi connectivity index (χ0) is 18.2. The first-order valence-corrected chi connectivity index (χ1v) is 9.39. The Hall–Kier alpha value is -1.59. The van der Waals surface area contributed by atoms with Crippen LogP contribution < -0.4 is 10.2 Å². The third-order valence-electron chi connectivity index (χ3n) is 4.52. The van der Waals surface area contributed by atoms with Gasteiger partial charge in [0.2, 0.25) is 5.91 Å². The molecule has 5 nitrogen and oxygen atoms in total. The van der Waals surface area contributed by atoms with Gasteiger partial charge in [-0.1, -0.05) is 26.0 Å². The number of hydrogen-bond donors (Lipinski definition) is 2. The summed E-state index contributed by atoms with van der Waals surface area (Å²) in [5.41, 5.74) is 1.86. The number of rotatable bonds is 8. The molecule has 25 heavy (non-hydrogen) atoms. The molecular formula is C20H32N2O3. The first kappa shape index (κ1) is 19.7. The summed E-state index contributed by atoms with van der Waals surface area (Å²) in [6.07, 6.45) is 2.87. The highest BCUT2D eigenvalue weighted by Gasteiger charge is 2.19. The van der Waals surface area contributed by atoms with Crippen LogP contribution in [0.3, 0.4) is 0 Å². The zero-order valence-corrected chi connectivity index (χ0v) is 15.7. The van der Waals surface area contributed by atoms with Gasteiger partial charge in [-0.05, 0) is 44.2 Å². The van der Waals surface area contributed by atoms with E-state index in [-0.39, 0.29) is 18.1 Å². The van der Waals surface area contributed by atoms with Crippen molar-refractivity contribution in [2.45, 2.75) is 58.7 Å². The summed E-state index contributed by atoms with van der Waals surface area (Å²) in [5.74, 6) is 0.569. The summed E-state index contributed by atoms with van der Waals surface area (Å²) in [6.45, 7) is 8.45. The molecule has 0 spiro atoms. The Morgan fingerprint density at radius 3 is 2.64 bits per heavy atom. The van der Waals surface area contributed by atoms with Gasteiger partial charge in [-0.15, -0.1) is 0 Å². The molecule has 1 aromatic carbocycles.